The van der Waals surface area contributed by atoms with Crippen molar-refractivity contribution in [3.63, 3.8) is 0 Å². The van der Waals surface area contributed by atoms with Crippen LogP contribution in [-0.2, 0) is 9.53 Å². The first-order valence-electron chi connectivity index (χ1n) is 8.69. The van der Waals surface area contributed by atoms with Crippen molar-refractivity contribution in [3.05, 3.63) is 0 Å². The molecule has 2 aliphatic rings. The van der Waals surface area contributed by atoms with Crippen LogP contribution in [0.1, 0.15) is 64.2 Å². The second kappa shape index (κ2) is 9.51. The molecule has 0 aromatic heterocycles. The van der Waals surface area contributed by atoms with Crippen LogP contribution in [-0.4, -0.2) is 43.5 Å². The maximum Gasteiger partial charge on any atom is 0.137 e. The second-order valence-electron chi connectivity index (χ2n) is 6.44. The summed E-state index contributed by atoms with van der Waals surface area (Å²) in [7, 11) is 0. The molecule has 0 bridgehead atoms. The summed E-state index contributed by atoms with van der Waals surface area (Å²) in [6, 6.07) is 0. The molecule has 1 saturated carbocycles. The molecule has 1 aliphatic heterocycles. The van der Waals surface area contributed by atoms with Gasteiger partial charge in [-0.05, 0) is 12.8 Å². The van der Waals surface area contributed by atoms with Gasteiger partial charge in [-0.1, -0.05) is 44.9 Å². The second-order valence-corrected chi connectivity index (χ2v) is 6.44. The Morgan fingerprint density at radius 3 is 2.20 bits per heavy atom. The van der Waals surface area contributed by atoms with Crippen LogP contribution in [0.25, 0.3) is 0 Å². The monoisotopic (exact) mass is 281 g/mol. The van der Waals surface area contributed by atoms with Gasteiger partial charge in [0.1, 0.15) is 5.78 Å². The summed E-state index contributed by atoms with van der Waals surface area (Å²) < 4.78 is 5.40. The average Bonchev–Trinajstić information content (AvgIpc) is 2.47. The van der Waals surface area contributed by atoms with Crippen LogP contribution in [0.2, 0.25) is 0 Å². The standard InChI is InChI=1S/C17H31NO2/c19-17-10-8-6-4-2-1-3-5-7-9-16(17)15-18-11-13-20-14-12-18/h16H,1-15H2/t16-/m1/s1. The molecule has 0 spiro atoms. The highest BCUT2D eigenvalue weighted by Crippen LogP contribution is 2.20. The van der Waals surface area contributed by atoms with E-state index in [1.54, 1.807) is 0 Å². The predicted octanol–water partition coefficient (Wildman–Crippen LogP) is 3.42. The molecule has 116 valence electrons. The van der Waals surface area contributed by atoms with Gasteiger partial charge < -0.3 is 4.74 Å². The maximum absolute atomic E-state index is 12.4. The van der Waals surface area contributed by atoms with Crippen molar-refractivity contribution in [2.24, 2.45) is 5.92 Å². The number of hydrogen-bond acceptors (Lipinski definition) is 3. The van der Waals surface area contributed by atoms with E-state index in [-0.39, 0.29) is 5.92 Å². The van der Waals surface area contributed by atoms with E-state index in [1.165, 1.54) is 44.9 Å². The number of carbonyl (C=O) groups is 1. The summed E-state index contributed by atoms with van der Waals surface area (Å²) in [5, 5.41) is 0. The van der Waals surface area contributed by atoms with Crippen LogP contribution >= 0.6 is 0 Å². The van der Waals surface area contributed by atoms with Crippen LogP contribution in [0.5, 0.6) is 0 Å². The van der Waals surface area contributed by atoms with E-state index in [0.29, 0.717) is 5.78 Å². The lowest BCUT2D eigenvalue weighted by molar-refractivity contribution is -0.124. The smallest absolute Gasteiger partial charge is 0.137 e. The molecule has 1 atom stereocenters. The molecule has 0 radical (unpaired) electrons. The number of morpholine rings is 1. The fourth-order valence-corrected chi connectivity index (χ4v) is 3.40. The van der Waals surface area contributed by atoms with Gasteiger partial charge in [0.05, 0.1) is 13.2 Å². The highest BCUT2D eigenvalue weighted by atomic mass is 16.5. The summed E-state index contributed by atoms with van der Waals surface area (Å²) >= 11 is 0. The zero-order chi connectivity index (χ0) is 14.0. The minimum Gasteiger partial charge on any atom is -0.379 e. The van der Waals surface area contributed by atoms with Gasteiger partial charge in [-0.15, -0.1) is 0 Å². The topological polar surface area (TPSA) is 29.5 Å². The average molecular weight is 281 g/mol. The van der Waals surface area contributed by atoms with Crippen molar-refractivity contribution in [3.8, 4) is 0 Å². The first-order valence-corrected chi connectivity index (χ1v) is 8.69. The Hall–Kier alpha value is -0.410. The molecule has 0 aromatic carbocycles. The number of ether oxygens (including phenoxy) is 1. The van der Waals surface area contributed by atoms with Crippen LogP contribution in [0.4, 0.5) is 0 Å². The molecule has 1 aliphatic carbocycles. The molecule has 0 amide bonds. The van der Waals surface area contributed by atoms with Crippen LogP contribution in [0.3, 0.4) is 0 Å². The van der Waals surface area contributed by atoms with Gasteiger partial charge in [0.25, 0.3) is 0 Å². The van der Waals surface area contributed by atoms with E-state index in [9.17, 15) is 4.79 Å². The van der Waals surface area contributed by atoms with E-state index in [2.05, 4.69) is 4.90 Å². The zero-order valence-corrected chi connectivity index (χ0v) is 12.9. The number of rotatable bonds is 2. The Morgan fingerprint density at radius 2 is 1.50 bits per heavy atom. The van der Waals surface area contributed by atoms with Crippen molar-refractivity contribution < 1.29 is 9.53 Å². The first kappa shape index (κ1) is 16.0. The van der Waals surface area contributed by atoms with Gasteiger partial charge in [0.15, 0.2) is 0 Å². The molecule has 2 fully saturated rings. The third-order valence-corrected chi connectivity index (χ3v) is 4.76. The zero-order valence-electron chi connectivity index (χ0n) is 12.9. The summed E-state index contributed by atoms with van der Waals surface area (Å²) in [6.45, 7) is 4.65. The van der Waals surface area contributed by atoms with Gasteiger partial charge in [0, 0.05) is 32.0 Å². The van der Waals surface area contributed by atoms with Gasteiger partial charge >= 0.3 is 0 Å². The fraction of sp³-hybridized carbons (Fsp3) is 0.941. The molecule has 1 heterocycles. The van der Waals surface area contributed by atoms with E-state index in [1.807, 2.05) is 0 Å². The quantitative estimate of drug-likeness (QED) is 0.777. The number of nitrogens with zero attached hydrogens (tertiary/aromatic N) is 1. The molecule has 20 heavy (non-hydrogen) atoms. The Kier molecular flexibility index (Phi) is 7.60. The van der Waals surface area contributed by atoms with E-state index >= 15 is 0 Å². The van der Waals surface area contributed by atoms with Crippen molar-refractivity contribution in [2.45, 2.75) is 64.2 Å². The molecule has 0 N–H and O–H groups in total. The van der Waals surface area contributed by atoms with Gasteiger partial charge in [-0.3, -0.25) is 9.69 Å². The van der Waals surface area contributed by atoms with Crippen LogP contribution in [0, 0.1) is 5.92 Å². The highest BCUT2D eigenvalue weighted by molar-refractivity contribution is 5.81. The Bertz CT molecular complexity index is 274. The fourth-order valence-electron chi connectivity index (χ4n) is 3.40. The minimum absolute atomic E-state index is 0.285. The van der Waals surface area contributed by atoms with Crippen LogP contribution in [0.15, 0.2) is 0 Å². The third kappa shape index (κ3) is 5.92. The molecular weight excluding hydrogens is 250 g/mol. The van der Waals surface area contributed by atoms with Gasteiger partial charge in [-0.25, -0.2) is 0 Å². The molecule has 3 heteroatoms. The van der Waals surface area contributed by atoms with E-state index in [4.69, 9.17) is 4.74 Å². The molecular formula is C17H31NO2. The summed E-state index contributed by atoms with van der Waals surface area (Å²) in [6.07, 6.45) is 12.3. The van der Waals surface area contributed by atoms with Gasteiger partial charge in [-0.2, -0.15) is 0 Å². The summed E-state index contributed by atoms with van der Waals surface area (Å²) in [5.41, 5.74) is 0. The largest absolute Gasteiger partial charge is 0.379 e. The summed E-state index contributed by atoms with van der Waals surface area (Å²) in [5.74, 6) is 0.810. The number of Topliss-reactive ketones (excluding diaryl/α,β-unsaturated/α-hetero) is 1. The Labute approximate surface area is 124 Å². The minimum atomic E-state index is 0.285. The lowest BCUT2D eigenvalue weighted by Gasteiger charge is -2.30. The van der Waals surface area contributed by atoms with Gasteiger partial charge in [0.2, 0.25) is 0 Å². The first-order chi connectivity index (χ1) is 9.86. The normalized spacial score (nSPS) is 28.6. The lowest BCUT2D eigenvalue weighted by Crippen LogP contribution is -2.41. The number of carbonyl (C=O) groups excluding carboxylic acids is 1. The van der Waals surface area contributed by atoms with E-state index < -0.39 is 0 Å². The maximum atomic E-state index is 12.4. The summed E-state index contributed by atoms with van der Waals surface area (Å²) in [4.78, 5) is 14.9. The molecule has 2 rings (SSSR count). The van der Waals surface area contributed by atoms with Crippen LogP contribution < -0.4 is 0 Å². The van der Waals surface area contributed by atoms with Crippen molar-refractivity contribution in [1.82, 2.24) is 4.90 Å². The van der Waals surface area contributed by atoms with Crippen molar-refractivity contribution in [1.29, 1.82) is 0 Å². The molecule has 3 nitrogen and oxygen atoms in total. The molecule has 0 unspecified atom stereocenters. The predicted molar refractivity (Wildman–Crippen MR) is 81.9 cm³/mol. The lowest BCUT2D eigenvalue weighted by atomic mass is 9.91. The third-order valence-electron chi connectivity index (χ3n) is 4.76. The Morgan fingerprint density at radius 1 is 0.900 bits per heavy atom. The number of ketones is 1. The number of hydrogen-bond donors (Lipinski definition) is 0. The molecule has 1 saturated heterocycles. The molecule has 0 aromatic rings. The Balaban J connectivity index is 1.81. The highest BCUT2D eigenvalue weighted by Gasteiger charge is 2.22. The van der Waals surface area contributed by atoms with Crippen molar-refractivity contribution >= 4 is 5.78 Å². The van der Waals surface area contributed by atoms with E-state index in [0.717, 1.165) is 52.1 Å². The van der Waals surface area contributed by atoms with Crippen molar-refractivity contribution in [2.75, 3.05) is 32.8 Å². The SMILES string of the molecule is O=C1CCCCCCCCCC[C@@H]1CN1CCOCC1.